The molecule has 0 aliphatic carbocycles. The van der Waals surface area contributed by atoms with Gasteiger partial charge in [0, 0.05) is 12.1 Å². The summed E-state index contributed by atoms with van der Waals surface area (Å²) in [6.45, 7) is 3.97. The van der Waals surface area contributed by atoms with Gasteiger partial charge in [-0.05, 0) is 85.5 Å². The smallest absolute Gasteiger partial charge is 0.408 e. The van der Waals surface area contributed by atoms with Gasteiger partial charge in [0.25, 0.3) is 0 Å². The molecule has 1 heterocycles. The summed E-state index contributed by atoms with van der Waals surface area (Å²) in [6, 6.07) is 6.42. The first-order chi connectivity index (χ1) is 28.4. The number of phenolic OH excluding ortho intramolecular Hbond substituents is 2. The summed E-state index contributed by atoms with van der Waals surface area (Å²) in [6.07, 6.45) is -1.05. The van der Waals surface area contributed by atoms with Crippen LogP contribution in [0.3, 0.4) is 0 Å². The number of fused-ring (bicyclic) bond motifs is 4. The predicted octanol–water partition coefficient (Wildman–Crippen LogP) is 4.41. The minimum atomic E-state index is -1.92. The van der Waals surface area contributed by atoms with Gasteiger partial charge >= 0.3 is 11.8 Å². The lowest BCUT2D eigenvalue weighted by Crippen LogP contribution is -2.49. The number of amides is 4. The highest BCUT2D eigenvalue weighted by Gasteiger charge is 2.36. The summed E-state index contributed by atoms with van der Waals surface area (Å²) >= 11 is 0. The van der Waals surface area contributed by atoms with E-state index in [0.717, 1.165) is 24.3 Å². The Labute approximate surface area is 341 Å². The van der Waals surface area contributed by atoms with Crippen molar-refractivity contribution in [1.82, 2.24) is 21.3 Å². The van der Waals surface area contributed by atoms with Crippen molar-refractivity contribution < 1.29 is 67.5 Å². The van der Waals surface area contributed by atoms with Crippen molar-refractivity contribution in [2.75, 3.05) is 27.9 Å². The highest BCUT2D eigenvalue weighted by Crippen LogP contribution is 2.40. The Morgan fingerprint density at radius 2 is 1.58 bits per heavy atom. The molecule has 0 saturated carbocycles. The van der Waals surface area contributed by atoms with Crippen LogP contribution in [0.2, 0.25) is 0 Å². The first-order valence-corrected chi connectivity index (χ1v) is 18.0. The Morgan fingerprint density at radius 3 is 2.18 bits per heavy atom. The van der Waals surface area contributed by atoms with Crippen LogP contribution in [0.1, 0.15) is 67.2 Å². The zero-order valence-corrected chi connectivity index (χ0v) is 33.0. The van der Waals surface area contributed by atoms with Crippen LogP contribution < -0.4 is 40.2 Å². The molecule has 0 spiro atoms. The zero-order valence-electron chi connectivity index (χ0n) is 33.0. The van der Waals surface area contributed by atoms with Crippen LogP contribution in [0, 0.1) is 15.9 Å². The minimum Gasteiger partial charge on any atom is -0.504 e. The van der Waals surface area contributed by atoms with E-state index in [0.29, 0.717) is 6.07 Å². The molecule has 4 amide bonds. The first-order valence-electron chi connectivity index (χ1n) is 18.0. The van der Waals surface area contributed by atoms with Gasteiger partial charge in [0.2, 0.25) is 29.3 Å². The van der Waals surface area contributed by atoms with Crippen molar-refractivity contribution in [2.24, 2.45) is 0 Å². The second kappa shape index (κ2) is 18.1. The number of alkyl carbamates (subject to hydrolysis) is 1. The van der Waals surface area contributed by atoms with Gasteiger partial charge in [0.1, 0.15) is 35.2 Å². The molecule has 4 aromatic carbocycles. The fourth-order valence-electron chi connectivity index (χ4n) is 6.16. The van der Waals surface area contributed by atoms with Crippen molar-refractivity contribution in [2.45, 2.75) is 50.5 Å². The average molecular weight is 836 g/mol. The molecule has 19 nitrogen and oxygen atoms in total. The number of carbonyl (C=O) groups excluding carboxylic acids is 4. The molecule has 4 atom stereocenters. The van der Waals surface area contributed by atoms with E-state index < -0.39 is 88.1 Å². The van der Waals surface area contributed by atoms with Crippen LogP contribution in [0.15, 0.2) is 66.7 Å². The fourth-order valence-corrected chi connectivity index (χ4v) is 6.16. The number of nitrogens with zero attached hydrogens (tertiary/aromatic N) is 1. The van der Waals surface area contributed by atoms with Crippen molar-refractivity contribution in [3.05, 3.63) is 105 Å². The Morgan fingerprint density at radius 1 is 0.900 bits per heavy atom. The van der Waals surface area contributed by atoms with Gasteiger partial charge in [-0.15, -0.1) is 0 Å². The number of methoxy groups -OCH3 is 3. The molecule has 0 unspecified atom stereocenters. The van der Waals surface area contributed by atoms with Gasteiger partial charge in [-0.1, -0.05) is 12.1 Å². The lowest BCUT2D eigenvalue weighted by Gasteiger charge is -2.28. The van der Waals surface area contributed by atoms with Crippen molar-refractivity contribution >= 4 is 29.5 Å². The molecule has 0 fully saturated rings. The molecular formula is C40H42FN5O14. The summed E-state index contributed by atoms with van der Waals surface area (Å²) in [7, 11) is 3.87. The fraction of sp³-hybridized carbons (Fsp3) is 0.300. The third-order valence-corrected chi connectivity index (χ3v) is 8.92. The molecule has 1 aliphatic rings. The summed E-state index contributed by atoms with van der Waals surface area (Å²) in [4.78, 5) is 67.2. The van der Waals surface area contributed by atoms with E-state index in [1.165, 1.54) is 57.7 Å². The number of aliphatic hydroxyl groups is 1. The maximum absolute atomic E-state index is 14.6. The average Bonchev–Trinajstić information content (AvgIpc) is 3.18. The number of nitro groups is 1. The molecule has 4 aromatic rings. The number of ether oxygens (including phenoxy) is 5. The van der Waals surface area contributed by atoms with E-state index in [1.807, 2.05) is 0 Å². The second-order valence-electron chi connectivity index (χ2n) is 14.2. The molecule has 20 heteroatoms. The van der Waals surface area contributed by atoms with Crippen LogP contribution in [-0.4, -0.2) is 77.6 Å². The lowest BCUT2D eigenvalue weighted by atomic mass is 9.99. The SMILES string of the molecule is COc1cc2cc(c1)[C@@H](C(=O)N[C@@H](CO)c1cc(O)c(OC)c(O)c1)NC(=O)[C@@H](c1ccc(F)c([N+](=O)[O-])c1)NC(=O)[C@H](NC(=O)OC(C)(C)C)c1ccc(OC)c(c1)O2. The molecule has 4 bridgehead atoms. The molecule has 5 rings (SSSR count). The van der Waals surface area contributed by atoms with Gasteiger partial charge in [-0.3, -0.25) is 24.5 Å². The summed E-state index contributed by atoms with van der Waals surface area (Å²) in [5.41, 5.74) is -2.27. The van der Waals surface area contributed by atoms with E-state index in [4.69, 9.17) is 23.7 Å². The van der Waals surface area contributed by atoms with Crippen LogP contribution in [0.5, 0.6) is 40.2 Å². The third kappa shape index (κ3) is 10.0. The van der Waals surface area contributed by atoms with Crippen molar-refractivity contribution in [1.29, 1.82) is 0 Å². The largest absolute Gasteiger partial charge is 0.504 e. The third-order valence-electron chi connectivity index (χ3n) is 8.92. The minimum absolute atomic E-state index is 0.000807. The first kappa shape index (κ1) is 43.8. The topological polar surface area (TPSA) is 266 Å². The predicted molar refractivity (Wildman–Crippen MR) is 207 cm³/mol. The number of nitrogens with one attached hydrogen (secondary N) is 4. The van der Waals surface area contributed by atoms with Gasteiger partial charge in [-0.25, -0.2) is 4.79 Å². The molecular weight excluding hydrogens is 793 g/mol. The number of rotatable bonds is 10. The molecule has 0 radical (unpaired) electrons. The second-order valence-corrected chi connectivity index (χ2v) is 14.2. The summed E-state index contributed by atoms with van der Waals surface area (Å²) in [5, 5.41) is 53.1. The maximum atomic E-state index is 14.6. The number of carbonyl (C=O) groups is 4. The summed E-state index contributed by atoms with van der Waals surface area (Å²) < 4.78 is 42.2. The molecule has 0 aromatic heterocycles. The Balaban J connectivity index is 1.71. The van der Waals surface area contributed by atoms with E-state index in [9.17, 15) is 49.0 Å². The zero-order chi connectivity index (χ0) is 44.1. The molecule has 318 valence electrons. The van der Waals surface area contributed by atoms with E-state index in [1.54, 1.807) is 20.8 Å². The van der Waals surface area contributed by atoms with Crippen LogP contribution in [0.25, 0.3) is 0 Å². The van der Waals surface area contributed by atoms with E-state index >= 15 is 0 Å². The van der Waals surface area contributed by atoms with E-state index in [2.05, 4.69) is 21.3 Å². The summed E-state index contributed by atoms with van der Waals surface area (Å²) in [5.74, 6) is -5.53. The number of hydrogen-bond acceptors (Lipinski definition) is 14. The van der Waals surface area contributed by atoms with Crippen molar-refractivity contribution in [3.8, 4) is 40.2 Å². The Bertz CT molecular complexity index is 2290. The number of benzene rings is 4. The lowest BCUT2D eigenvalue weighted by molar-refractivity contribution is -0.387. The number of aliphatic hydroxyl groups excluding tert-OH is 1. The number of aromatic hydroxyl groups is 2. The van der Waals surface area contributed by atoms with Crippen LogP contribution in [0.4, 0.5) is 14.9 Å². The Kier molecular flexibility index (Phi) is 13.2. The molecule has 0 saturated heterocycles. The highest BCUT2D eigenvalue weighted by molar-refractivity contribution is 5.95. The maximum Gasteiger partial charge on any atom is 0.408 e. The normalized spacial score (nSPS) is 17.0. The highest BCUT2D eigenvalue weighted by atomic mass is 19.1. The standard InChI is InChI=1S/C40H42FN5O14/c1-40(2,3)60-39(53)45-33-20-8-10-30(57-5)31(16-20)59-24-12-22(11-23(17-24)56-4)34(36(50)42-26(18-47)21-14-28(48)35(58-6)29(49)15-21)44-37(51)32(43-38(33)52)19-7-9-25(41)27(13-19)46(54)55/h7-17,26,32-34,47-49H,18H2,1-6H3,(H,42,50)(H,43,52)(H,44,51)(H,45,53)/t26-,32+,33+,34-/m0/s1. The number of nitro benzene ring substituents is 1. The van der Waals surface area contributed by atoms with Gasteiger partial charge in [0.05, 0.1) is 38.9 Å². The van der Waals surface area contributed by atoms with Crippen LogP contribution in [-0.2, 0) is 19.1 Å². The van der Waals surface area contributed by atoms with E-state index in [-0.39, 0.29) is 51.0 Å². The van der Waals surface area contributed by atoms with Gasteiger partial charge in [0.15, 0.2) is 23.0 Å². The number of phenols is 2. The monoisotopic (exact) mass is 835 g/mol. The van der Waals surface area contributed by atoms with Crippen LogP contribution >= 0.6 is 0 Å². The Hall–Kier alpha value is -7.35. The number of halogens is 1. The molecule has 1 aliphatic heterocycles. The molecule has 60 heavy (non-hydrogen) atoms. The van der Waals surface area contributed by atoms with Gasteiger partial charge in [-0.2, -0.15) is 4.39 Å². The quantitative estimate of drug-likeness (QED) is 0.0862. The molecule has 7 N–H and O–H groups in total. The van der Waals surface area contributed by atoms with Gasteiger partial charge < -0.3 is 60.3 Å². The van der Waals surface area contributed by atoms with Crippen molar-refractivity contribution in [3.63, 3.8) is 0 Å². The number of hydrogen-bond donors (Lipinski definition) is 7.